The number of aromatic nitrogens is 5. The molecule has 3 N–H and O–H groups in total. The van der Waals surface area contributed by atoms with Crippen molar-refractivity contribution >= 4 is 23.1 Å². The molecule has 0 radical (unpaired) electrons. The Morgan fingerprint density at radius 2 is 1.80 bits per heavy atom. The van der Waals surface area contributed by atoms with E-state index in [0.29, 0.717) is 36.0 Å². The lowest BCUT2D eigenvalue weighted by Crippen LogP contribution is -2.51. The topological polar surface area (TPSA) is 110 Å². The Labute approximate surface area is 237 Å². The molecule has 1 saturated carbocycles. The van der Waals surface area contributed by atoms with Crippen molar-refractivity contribution in [3.63, 3.8) is 0 Å². The Kier molecular flexibility index (Phi) is 7.11. The van der Waals surface area contributed by atoms with E-state index in [9.17, 15) is 4.79 Å². The van der Waals surface area contributed by atoms with Crippen LogP contribution in [0.5, 0.6) is 0 Å². The standard InChI is InChI=1S/C29H35FN10O/c30-23-15-21(29(41)39-13-11-38(12-14-39)10-9-37-7-5-31-6-8-37)3-4-24(23)35-27-28-32-18-26(22-16-33-34-17-22)40(28)19-25(36-27)20-1-2-20/h3-4,15-20,31H,1-2,5-14H2,(H,33,34)(H,35,36). The van der Waals surface area contributed by atoms with E-state index < -0.39 is 5.82 Å². The normalized spacial score (nSPS) is 18.7. The summed E-state index contributed by atoms with van der Waals surface area (Å²) in [5.74, 6) is 0.251. The van der Waals surface area contributed by atoms with Crippen LogP contribution in [-0.2, 0) is 0 Å². The minimum Gasteiger partial charge on any atom is -0.336 e. The van der Waals surface area contributed by atoms with Gasteiger partial charge in [-0.3, -0.25) is 24.1 Å². The Bertz CT molecular complexity index is 1520. The first-order valence-electron chi connectivity index (χ1n) is 14.5. The Hall–Kier alpha value is -3.87. The van der Waals surface area contributed by atoms with Gasteiger partial charge >= 0.3 is 0 Å². The Morgan fingerprint density at radius 1 is 1.02 bits per heavy atom. The smallest absolute Gasteiger partial charge is 0.254 e. The lowest BCUT2D eigenvalue weighted by atomic mass is 10.1. The highest BCUT2D eigenvalue weighted by Crippen LogP contribution is 2.40. The summed E-state index contributed by atoms with van der Waals surface area (Å²) in [6.07, 6.45) is 9.52. The van der Waals surface area contributed by atoms with Gasteiger partial charge < -0.3 is 15.5 Å². The summed E-state index contributed by atoms with van der Waals surface area (Å²) in [6, 6.07) is 4.63. The van der Waals surface area contributed by atoms with Crippen LogP contribution < -0.4 is 10.6 Å². The number of imidazole rings is 1. The molecule has 5 heterocycles. The van der Waals surface area contributed by atoms with Gasteiger partial charge in [-0.1, -0.05) is 0 Å². The van der Waals surface area contributed by atoms with Gasteiger partial charge in [0.25, 0.3) is 5.91 Å². The number of nitrogens with one attached hydrogen (secondary N) is 3. The molecule has 7 rings (SSSR count). The van der Waals surface area contributed by atoms with E-state index in [2.05, 4.69) is 35.6 Å². The van der Waals surface area contributed by atoms with Crippen LogP contribution in [0.4, 0.5) is 15.9 Å². The fourth-order valence-corrected chi connectivity index (χ4v) is 5.72. The van der Waals surface area contributed by atoms with Gasteiger partial charge in [0.1, 0.15) is 5.82 Å². The second-order valence-corrected chi connectivity index (χ2v) is 11.2. The average molecular weight is 559 g/mol. The number of hydrogen-bond donors (Lipinski definition) is 3. The minimum absolute atomic E-state index is 0.133. The number of anilines is 2. The summed E-state index contributed by atoms with van der Waals surface area (Å²) in [6.45, 7) is 9.34. The van der Waals surface area contributed by atoms with E-state index in [1.165, 1.54) is 6.07 Å². The van der Waals surface area contributed by atoms with Gasteiger partial charge in [0.15, 0.2) is 11.5 Å². The molecule has 0 spiro atoms. The van der Waals surface area contributed by atoms with Crippen molar-refractivity contribution in [3.05, 3.63) is 60.1 Å². The SMILES string of the molecule is O=C(c1ccc(Nc2nc(C3CC3)cn3c(-c4cn[nH]c4)cnc23)c(F)c1)N1CCN(CCN2CCNCC2)CC1. The summed E-state index contributed by atoms with van der Waals surface area (Å²) >= 11 is 0. The zero-order valence-electron chi connectivity index (χ0n) is 23.0. The zero-order chi connectivity index (χ0) is 27.8. The molecule has 0 unspecified atom stereocenters. The highest BCUT2D eigenvalue weighted by molar-refractivity contribution is 5.95. The van der Waals surface area contributed by atoms with Gasteiger partial charge in [0.2, 0.25) is 0 Å². The molecule has 214 valence electrons. The van der Waals surface area contributed by atoms with Crippen LogP contribution in [0, 0.1) is 5.82 Å². The number of H-pyrrole nitrogens is 1. The van der Waals surface area contributed by atoms with Crippen LogP contribution in [0.25, 0.3) is 16.9 Å². The number of carbonyl (C=O) groups excluding carboxylic acids is 1. The maximum absolute atomic E-state index is 15.4. The number of halogens is 1. The lowest BCUT2D eigenvalue weighted by molar-refractivity contribution is 0.0620. The fourth-order valence-electron chi connectivity index (χ4n) is 5.72. The summed E-state index contributed by atoms with van der Waals surface area (Å²) in [5, 5.41) is 13.4. The van der Waals surface area contributed by atoms with Crippen LogP contribution in [-0.4, -0.2) is 111 Å². The van der Waals surface area contributed by atoms with E-state index >= 15 is 4.39 Å². The van der Waals surface area contributed by atoms with Crippen molar-refractivity contribution in [2.75, 3.05) is 70.8 Å². The van der Waals surface area contributed by atoms with Crippen molar-refractivity contribution in [2.45, 2.75) is 18.8 Å². The minimum atomic E-state index is -0.496. The predicted molar refractivity (Wildman–Crippen MR) is 154 cm³/mol. The molecule has 1 amide bonds. The molecule has 11 nitrogen and oxygen atoms in total. The van der Waals surface area contributed by atoms with Crippen molar-refractivity contribution in [1.29, 1.82) is 0 Å². The molecule has 1 aliphatic carbocycles. The number of aromatic amines is 1. The third kappa shape index (κ3) is 5.54. The van der Waals surface area contributed by atoms with Gasteiger partial charge in [0, 0.05) is 94.9 Å². The highest BCUT2D eigenvalue weighted by atomic mass is 19.1. The van der Waals surface area contributed by atoms with E-state index in [-0.39, 0.29) is 11.6 Å². The van der Waals surface area contributed by atoms with E-state index in [0.717, 1.165) is 82.2 Å². The van der Waals surface area contributed by atoms with E-state index in [4.69, 9.17) is 4.98 Å². The Morgan fingerprint density at radius 3 is 2.51 bits per heavy atom. The number of amides is 1. The average Bonchev–Trinajstić information content (AvgIpc) is 3.54. The fraction of sp³-hybridized carbons (Fsp3) is 0.448. The number of benzene rings is 1. The summed E-state index contributed by atoms with van der Waals surface area (Å²) in [4.78, 5) is 29.3. The molecular formula is C29H35FN10O. The van der Waals surface area contributed by atoms with Gasteiger partial charge in [-0.15, -0.1) is 0 Å². The first kappa shape index (κ1) is 26.1. The van der Waals surface area contributed by atoms with Crippen LogP contribution in [0.3, 0.4) is 0 Å². The monoisotopic (exact) mass is 558 g/mol. The summed E-state index contributed by atoms with van der Waals surface area (Å²) < 4.78 is 17.4. The predicted octanol–water partition coefficient (Wildman–Crippen LogP) is 2.54. The maximum atomic E-state index is 15.4. The van der Waals surface area contributed by atoms with Gasteiger partial charge in [-0.2, -0.15) is 5.10 Å². The molecule has 1 aromatic carbocycles. The Balaban J connectivity index is 1.03. The van der Waals surface area contributed by atoms with Crippen molar-refractivity contribution in [2.24, 2.45) is 0 Å². The van der Waals surface area contributed by atoms with E-state index in [1.807, 2.05) is 21.7 Å². The van der Waals surface area contributed by atoms with Gasteiger partial charge in [-0.05, 0) is 31.0 Å². The third-order valence-electron chi connectivity index (χ3n) is 8.37. The number of piperazine rings is 2. The molecule has 12 heteroatoms. The molecule has 2 aliphatic heterocycles. The molecule has 0 bridgehead atoms. The maximum Gasteiger partial charge on any atom is 0.254 e. The summed E-state index contributed by atoms with van der Waals surface area (Å²) in [7, 11) is 0. The largest absolute Gasteiger partial charge is 0.336 e. The number of hydrogen-bond acceptors (Lipinski definition) is 8. The second-order valence-electron chi connectivity index (χ2n) is 11.2. The zero-order valence-corrected chi connectivity index (χ0v) is 23.0. The van der Waals surface area contributed by atoms with Gasteiger partial charge in [-0.25, -0.2) is 14.4 Å². The lowest BCUT2D eigenvalue weighted by Gasteiger charge is -2.36. The molecule has 3 fully saturated rings. The highest BCUT2D eigenvalue weighted by Gasteiger charge is 2.28. The van der Waals surface area contributed by atoms with Crippen molar-refractivity contribution < 1.29 is 9.18 Å². The van der Waals surface area contributed by atoms with Gasteiger partial charge in [0.05, 0.1) is 29.5 Å². The van der Waals surface area contributed by atoms with Crippen LogP contribution in [0.1, 0.15) is 34.8 Å². The molecule has 41 heavy (non-hydrogen) atoms. The second kappa shape index (κ2) is 11.2. The van der Waals surface area contributed by atoms with Crippen molar-refractivity contribution in [1.82, 2.24) is 44.6 Å². The molecule has 2 saturated heterocycles. The summed E-state index contributed by atoms with van der Waals surface area (Å²) in [5.41, 5.74) is 3.95. The van der Waals surface area contributed by atoms with Crippen LogP contribution >= 0.6 is 0 Å². The first-order valence-corrected chi connectivity index (χ1v) is 14.5. The van der Waals surface area contributed by atoms with E-state index in [1.54, 1.807) is 24.5 Å². The third-order valence-corrected chi connectivity index (χ3v) is 8.37. The van der Waals surface area contributed by atoms with Crippen molar-refractivity contribution in [3.8, 4) is 11.3 Å². The first-order chi connectivity index (χ1) is 20.1. The molecule has 0 atom stereocenters. The molecular weight excluding hydrogens is 523 g/mol. The number of carbonyl (C=O) groups is 1. The number of fused-ring (bicyclic) bond motifs is 1. The quantitative estimate of drug-likeness (QED) is 0.303. The number of nitrogens with zero attached hydrogens (tertiary/aromatic N) is 7. The van der Waals surface area contributed by atoms with Crippen LogP contribution in [0.15, 0.2) is 43.0 Å². The molecule has 3 aliphatic rings. The molecule has 3 aromatic heterocycles. The molecule has 4 aromatic rings. The van der Waals surface area contributed by atoms with Crippen LogP contribution in [0.2, 0.25) is 0 Å². The number of rotatable bonds is 8.